The number of hydrogen-bond donors (Lipinski definition) is 2. The molecule has 0 heterocycles. The van der Waals surface area contributed by atoms with Crippen LogP contribution < -0.4 is 11.1 Å². The van der Waals surface area contributed by atoms with Gasteiger partial charge < -0.3 is 11.1 Å². The van der Waals surface area contributed by atoms with E-state index in [1.54, 1.807) is 6.92 Å². The van der Waals surface area contributed by atoms with Crippen molar-refractivity contribution in [3.63, 3.8) is 0 Å². The van der Waals surface area contributed by atoms with Crippen LogP contribution in [0.2, 0.25) is 0 Å². The number of amides is 1. The first-order valence-electron chi connectivity index (χ1n) is 4.76. The van der Waals surface area contributed by atoms with Crippen LogP contribution in [-0.4, -0.2) is 11.1 Å². The summed E-state index contributed by atoms with van der Waals surface area (Å²) >= 11 is 11.6. The van der Waals surface area contributed by atoms with Crippen molar-refractivity contribution in [2.75, 3.05) is 11.1 Å². The van der Waals surface area contributed by atoms with E-state index in [1.807, 2.05) is 67.8 Å². The van der Waals surface area contributed by atoms with Crippen molar-refractivity contribution < 1.29 is 9.59 Å². The van der Waals surface area contributed by atoms with E-state index >= 15 is 0 Å². The van der Waals surface area contributed by atoms with Gasteiger partial charge in [0.05, 0.1) is 27.6 Å². The number of halogens is 4. The van der Waals surface area contributed by atoms with Crippen molar-refractivity contribution in [1.29, 1.82) is 0 Å². The second-order valence-electron chi connectivity index (χ2n) is 3.28. The highest BCUT2D eigenvalue weighted by Gasteiger charge is 2.22. The van der Waals surface area contributed by atoms with E-state index in [-0.39, 0.29) is 5.91 Å². The summed E-state index contributed by atoms with van der Waals surface area (Å²) in [7, 11) is 0. The van der Waals surface area contributed by atoms with Gasteiger partial charge in [0.15, 0.2) is 0 Å². The Morgan fingerprint density at radius 3 is 2.22 bits per heavy atom. The number of benzene rings is 1. The van der Waals surface area contributed by atoms with E-state index in [9.17, 15) is 9.59 Å². The average molecular weight is 604 g/mol. The molecule has 0 saturated carbocycles. The molecule has 98 valence electrons. The van der Waals surface area contributed by atoms with Crippen molar-refractivity contribution in [2.24, 2.45) is 0 Å². The van der Waals surface area contributed by atoms with Gasteiger partial charge in [-0.05, 0) is 79.4 Å². The number of anilines is 2. The van der Waals surface area contributed by atoms with Gasteiger partial charge in [0.1, 0.15) is 0 Å². The van der Waals surface area contributed by atoms with Crippen molar-refractivity contribution in [1.82, 2.24) is 0 Å². The Balaban J connectivity index is 3.52. The zero-order valence-corrected chi connectivity index (χ0v) is 16.3. The molecule has 1 aromatic rings. The van der Waals surface area contributed by atoms with Crippen LogP contribution in [0.5, 0.6) is 0 Å². The summed E-state index contributed by atoms with van der Waals surface area (Å²) in [5.74, 6) is -0.139. The minimum Gasteiger partial charge on any atom is -0.397 e. The molecule has 8 heteroatoms. The van der Waals surface area contributed by atoms with Crippen LogP contribution in [0.3, 0.4) is 0 Å². The molecule has 0 fully saturated rings. The predicted octanol–water partition coefficient (Wildman–Crippen LogP) is 3.81. The van der Waals surface area contributed by atoms with Crippen molar-refractivity contribution in [2.45, 2.75) is 13.3 Å². The number of hydrogen-bond acceptors (Lipinski definition) is 3. The van der Waals surface area contributed by atoms with E-state index in [1.165, 1.54) is 0 Å². The van der Waals surface area contributed by atoms with Gasteiger partial charge in [-0.3, -0.25) is 9.59 Å². The van der Waals surface area contributed by atoms with E-state index < -0.39 is 5.24 Å². The number of rotatable bonds is 3. The molecule has 1 rings (SSSR count). The lowest BCUT2D eigenvalue weighted by atomic mass is 10.2. The quantitative estimate of drug-likeness (QED) is 0.314. The lowest BCUT2D eigenvalue weighted by Crippen LogP contribution is -2.16. The van der Waals surface area contributed by atoms with Crippen molar-refractivity contribution in [3.8, 4) is 0 Å². The summed E-state index contributed by atoms with van der Waals surface area (Å²) in [5.41, 5.74) is 7.26. The van der Waals surface area contributed by atoms with Crippen molar-refractivity contribution >= 4 is 102 Å². The Bertz CT molecular complexity index is 535. The summed E-state index contributed by atoms with van der Waals surface area (Å²) in [6, 6.07) is 0. The van der Waals surface area contributed by atoms with Gasteiger partial charge in [0.2, 0.25) is 5.91 Å². The number of nitrogens with two attached hydrogens (primary N) is 1. The fourth-order valence-electron chi connectivity index (χ4n) is 1.19. The lowest BCUT2D eigenvalue weighted by Gasteiger charge is -2.15. The first kappa shape index (κ1) is 16.7. The largest absolute Gasteiger partial charge is 0.397 e. The van der Waals surface area contributed by atoms with Gasteiger partial charge in [-0.1, -0.05) is 6.92 Å². The Morgan fingerprint density at radius 1 is 1.22 bits per heavy atom. The summed E-state index contributed by atoms with van der Waals surface area (Å²) in [6.07, 6.45) is 0.349. The van der Waals surface area contributed by atoms with E-state index in [2.05, 4.69) is 5.32 Å². The highest BCUT2D eigenvalue weighted by Crippen LogP contribution is 2.37. The molecule has 1 amide bonds. The first-order chi connectivity index (χ1) is 8.31. The standard InChI is InChI=1S/C10H8ClI3N2O2/c1-2-3(17)16-9-6(13)4(10(11)18)5(12)8(15)7(9)14/h2,15H2,1H3,(H,16,17). The topological polar surface area (TPSA) is 72.2 Å². The zero-order valence-electron chi connectivity index (χ0n) is 9.11. The summed E-state index contributed by atoms with van der Waals surface area (Å²) in [6.45, 7) is 1.75. The molecular weight excluding hydrogens is 596 g/mol. The monoisotopic (exact) mass is 604 g/mol. The summed E-state index contributed by atoms with van der Waals surface area (Å²) in [5, 5.41) is 2.16. The van der Waals surface area contributed by atoms with Crippen LogP contribution in [0.4, 0.5) is 11.4 Å². The molecule has 0 saturated heterocycles. The van der Waals surface area contributed by atoms with Gasteiger partial charge in [-0.2, -0.15) is 0 Å². The fraction of sp³-hybridized carbons (Fsp3) is 0.200. The molecule has 0 aliphatic carbocycles. The maximum absolute atomic E-state index is 11.5. The highest BCUT2D eigenvalue weighted by atomic mass is 127. The lowest BCUT2D eigenvalue weighted by molar-refractivity contribution is -0.115. The molecule has 0 aliphatic rings. The maximum atomic E-state index is 11.5. The second kappa shape index (κ2) is 6.88. The van der Waals surface area contributed by atoms with Crippen LogP contribution in [0.25, 0.3) is 0 Å². The van der Waals surface area contributed by atoms with E-state index in [4.69, 9.17) is 17.3 Å². The third-order valence-electron chi connectivity index (χ3n) is 2.13. The SMILES string of the molecule is CCC(=O)Nc1c(I)c(N)c(I)c(C(=O)Cl)c1I. The normalized spacial score (nSPS) is 10.3. The van der Waals surface area contributed by atoms with Gasteiger partial charge in [0.25, 0.3) is 5.24 Å². The third kappa shape index (κ3) is 3.39. The molecule has 4 nitrogen and oxygen atoms in total. The van der Waals surface area contributed by atoms with Crippen molar-refractivity contribution in [3.05, 3.63) is 16.3 Å². The summed E-state index contributed by atoms with van der Waals surface area (Å²) < 4.78 is 1.93. The molecule has 3 N–H and O–H groups in total. The first-order valence-corrected chi connectivity index (χ1v) is 8.38. The Morgan fingerprint density at radius 2 is 1.78 bits per heavy atom. The number of carbonyl (C=O) groups is 2. The smallest absolute Gasteiger partial charge is 0.254 e. The molecule has 0 bridgehead atoms. The average Bonchev–Trinajstić information content (AvgIpc) is 2.31. The van der Waals surface area contributed by atoms with E-state index in [0.29, 0.717) is 34.1 Å². The molecule has 18 heavy (non-hydrogen) atoms. The molecule has 1 aromatic carbocycles. The van der Waals surface area contributed by atoms with Gasteiger partial charge in [-0.25, -0.2) is 0 Å². The Hall–Kier alpha value is 0.640. The van der Waals surface area contributed by atoms with Gasteiger partial charge >= 0.3 is 0 Å². The van der Waals surface area contributed by atoms with Crippen LogP contribution in [0.15, 0.2) is 0 Å². The minimum absolute atomic E-state index is 0.139. The molecule has 0 aliphatic heterocycles. The number of nitrogen functional groups attached to an aromatic ring is 1. The van der Waals surface area contributed by atoms with Crippen LogP contribution >= 0.6 is 79.4 Å². The van der Waals surface area contributed by atoms with E-state index in [0.717, 1.165) is 0 Å². The molecular formula is C10H8ClI3N2O2. The van der Waals surface area contributed by atoms with Crippen LogP contribution in [0.1, 0.15) is 23.7 Å². The number of carbonyl (C=O) groups excluding carboxylic acids is 2. The highest BCUT2D eigenvalue weighted by molar-refractivity contribution is 14.1. The molecule has 0 unspecified atom stereocenters. The third-order valence-corrected chi connectivity index (χ3v) is 5.64. The summed E-state index contributed by atoms with van der Waals surface area (Å²) in [4.78, 5) is 22.9. The molecule has 0 aromatic heterocycles. The maximum Gasteiger partial charge on any atom is 0.254 e. The Kier molecular flexibility index (Phi) is 6.38. The fourth-order valence-corrected chi connectivity index (χ4v) is 5.63. The van der Waals surface area contributed by atoms with Gasteiger partial charge in [0, 0.05) is 6.42 Å². The molecule has 0 radical (unpaired) electrons. The predicted molar refractivity (Wildman–Crippen MR) is 98.1 cm³/mol. The second-order valence-corrected chi connectivity index (χ2v) is 6.86. The zero-order chi connectivity index (χ0) is 14.0. The molecule has 0 spiro atoms. The molecule has 0 atom stereocenters. The number of nitrogens with one attached hydrogen (secondary N) is 1. The Labute approximate surface area is 150 Å². The van der Waals surface area contributed by atoms with Gasteiger partial charge in [-0.15, -0.1) is 0 Å². The van der Waals surface area contributed by atoms with Crippen LogP contribution in [-0.2, 0) is 4.79 Å². The minimum atomic E-state index is -0.584. The van der Waals surface area contributed by atoms with Crippen LogP contribution in [0, 0.1) is 10.7 Å².